The van der Waals surface area contributed by atoms with Gasteiger partial charge >= 0.3 is 0 Å². The molecule has 102 valence electrons. The lowest BCUT2D eigenvalue weighted by atomic mass is 9.89. The van der Waals surface area contributed by atoms with Crippen LogP contribution in [-0.2, 0) is 0 Å². The Balaban J connectivity index is 1.81. The van der Waals surface area contributed by atoms with E-state index in [1.54, 1.807) is 0 Å². The van der Waals surface area contributed by atoms with Crippen molar-refractivity contribution in [3.8, 4) is 0 Å². The van der Waals surface area contributed by atoms with E-state index >= 15 is 0 Å². The summed E-state index contributed by atoms with van der Waals surface area (Å²) in [5.41, 5.74) is 2.28. The molecule has 2 atom stereocenters. The first-order valence-electron chi connectivity index (χ1n) is 7.22. The van der Waals surface area contributed by atoms with Crippen molar-refractivity contribution in [1.29, 1.82) is 0 Å². The van der Waals surface area contributed by atoms with E-state index in [0.717, 1.165) is 18.0 Å². The van der Waals surface area contributed by atoms with Crippen LogP contribution in [0.4, 0.5) is 0 Å². The van der Waals surface area contributed by atoms with Crippen LogP contribution in [-0.4, -0.2) is 20.1 Å². The number of fused-ring (bicyclic) bond motifs is 1. The van der Waals surface area contributed by atoms with Gasteiger partial charge in [-0.2, -0.15) is 0 Å². The fraction of sp³-hybridized carbons (Fsp3) is 0.500. The molecule has 2 heterocycles. The van der Waals surface area contributed by atoms with E-state index < -0.39 is 0 Å². The van der Waals surface area contributed by atoms with E-state index in [2.05, 4.69) is 22.8 Å². The van der Waals surface area contributed by atoms with Crippen LogP contribution in [0.3, 0.4) is 0 Å². The Hall–Kier alpha value is -1.32. The van der Waals surface area contributed by atoms with Crippen molar-refractivity contribution in [3.63, 3.8) is 0 Å². The molecule has 2 unspecified atom stereocenters. The molecular formula is C16H22N2O. The van der Waals surface area contributed by atoms with Crippen molar-refractivity contribution in [1.82, 2.24) is 10.6 Å². The second kappa shape index (κ2) is 5.76. The van der Waals surface area contributed by atoms with Gasteiger partial charge in [-0.1, -0.05) is 18.2 Å². The third kappa shape index (κ3) is 2.67. The average Bonchev–Trinajstić information content (AvgIpc) is 2.90. The molecule has 2 N–H and O–H groups in total. The van der Waals surface area contributed by atoms with Crippen LogP contribution in [0.1, 0.15) is 30.9 Å². The Labute approximate surface area is 114 Å². The summed E-state index contributed by atoms with van der Waals surface area (Å²) < 4.78 is 5.67. The van der Waals surface area contributed by atoms with E-state index in [1.807, 2.05) is 25.4 Å². The molecule has 0 saturated carbocycles. The maximum absolute atomic E-state index is 5.67. The number of nitrogens with one attached hydrogen (secondary N) is 2. The molecule has 0 radical (unpaired) electrons. The van der Waals surface area contributed by atoms with Gasteiger partial charge in [-0.15, -0.1) is 0 Å². The Kier molecular flexibility index (Phi) is 3.85. The smallest absolute Gasteiger partial charge is 0.134 e. The quantitative estimate of drug-likeness (QED) is 0.885. The van der Waals surface area contributed by atoms with Crippen molar-refractivity contribution in [3.05, 3.63) is 36.1 Å². The Morgan fingerprint density at radius 1 is 1.42 bits per heavy atom. The highest BCUT2D eigenvalue weighted by Gasteiger charge is 2.21. The van der Waals surface area contributed by atoms with Gasteiger partial charge in [-0.05, 0) is 51.4 Å². The van der Waals surface area contributed by atoms with Gasteiger partial charge in [0.1, 0.15) is 5.58 Å². The van der Waals surface area contributed by atoms with Gasteiger partial charge in [0, 0.05) is 17.0 Å². The number of hydrogen-bond acceptors (Lipinski definition) is 3. The summed E-state index contributed by atoms with van der Waals surface area (Å²) in [7, 11) is 2.04. The third-order valence-electron chi connectivity index (χ3n) is 4.20. The summed E-state index contributed by atoms with van der Waals surface area (Å²) in [4.78, 5) is 0. The lowest BCUT2D eigenvalue weighted by molar-refractivity contribution is 0.322. The number of furan rings is 1. The molecule has 1 aromatic heterocycles. The summed E-state index contributed by atoms with van der Waals surface area (Å²) in [6, 6.07) is 8.67. The van der Waals surface area contributed by atoms with E-state index in [1.165, 1.54) is 36.8 Å². The van der Waals surface area contributed by atoms with E-state index in [0.29, 0.717) is 6.04 Å². The van der Waals surface area contributed by atoms with Crippen LogP contribution in [0, 0.1) is 5.92 Å². The molecule has 1 aliphatic heterocycles. The van der Waals surface area contributed by atoms with Crippen molar-refractivity contribution in [2.45, 2.75) is 25.3 Å². The predicted molar refractivity (Wildman–Crippen MR) is 78.2 cm³/mol. The Morgan fingerprint density at radius 2 is 2.32 bits per heavy atom. The first kappa shape index (κ1) is 12.7. The zero-order valence-corrected chi connectivity index (χ0v) is 11.5. The maximum atomic E-state index is 5.67. The number of benzene rings is 1. The molecule has 1 saturated heterocycles. The fourth-order valence-electron chi connectivity index (χ4n) is 3.13. The van der Waals surface area contributed by atoms with Crippen LogP contribution in [0.15, 0.2) is 34.9 Å². The molecule has 0 amide bonds. The molecule has 2 aromatic rings. The number of rotatable bonds is 4. The van der Waals surface area contributed by atoms with Crippen LogP contribution < -0.4 is 10.6 Å². The first-order valence-corrected chi connectivity index (χ1v) is 7.22. The van der Waals surface area contributed by atoms with Crippen LogP contribution in [0.5, 0.6) is 0 Å². The Bertz CT molecular complexity index is 528. The topological polar surface area (TPSA) is 37.2 Å². The van der Waals surface area contributed by atoms with Crippen molar-refractivity contribution in [2.24, 2.45) is 5.92 Å². The van der Waals surface area contributed by atoms with Crippen LogP contribution in [0.2, 0.25) is 0 Å². The molecule has 0 bridgehead atoms. The van der Waals surface area contributed by atoms with Crippen LogP contribution in [0.25, 0.3) is 11.0 Å². The fourth-order valence-corrected chi connectivity index (χ4v) is 3.13. The highest BCUT2D eigenvalue weighted by Crippen LogP contribution is 2.31. The van der Waals surface area contributed by atoms with Crippen LogP contribution >= 0.6 is 0 Å². The molecule has 0 aliphatic carbocycles. The second-order valence-electron chi connectivity index (χ2n) is 5.48. The molecule has 3 heteroatoms. The molecule has 3 rings (SSSR count). The molecule has 1 aromatic carbocycles. The van der Waals surface area contributed by atoms with Gasteiger partial charge in [-0.25, -0.2) is 0 Å². The van der Waals surface area contributed by atoms with Gasteiger partial charge in [-0.3, -0.25) is 0 Å². The van der Waals surface area contributed by atoms with Gasteiger partial charge in [0.2, 0.25) is 0 Å². The standard InChI is InChI=1S/C16H22N2O/c1-17-15(9-12-5-4-8-18-10-12)14-11-19-16-7-3-2-6-13(14)16/h2-3,6-7,11-12,15,17-18H,4-5,8-10H2,1H3. The summed E-state index contributed by atoms with van der Waals surface area (Å²) in [5.74, 6) is 0.764. The summed E-state index contributed by atoms with van der Waals surface area (Å²) >= 11 is 0. The molecule has 3 nitrogen and oxygen atoms in total. The molecular weight excluding hydrogens is 236 g/mol. The highest BCUT2D eigenvalue weighted by molar-refractivity contribution is 5.81. The van der Waals surface area contributed by atoms with Crippen molar-refractivity contribution >= 4 is 11.0 Å². The zero-order chi connectivity index (χ0) is 13.1. The van der Waals surface area contributed by atoms with Gasteiger partial charge in [0.05, 0.1) is 6.26 Å². The average molecular weight is 258 g/mol. The molecule has 1 aliphatic rings. The first-order chi connectivity index (χ1) is 9.38. The summed E-state index contributed by atoms with van der Waals surface area (Å²) in [6.07, 6.45) is 5.73. The van der Waals surface area contributed by atoms with E-state index in [4.69, 9.17) is 4.42 Å². The normalized spacial score (nSPS) is 21.6. The summed E-state index contributed by atoms with van der Waals surface area (Å²) in [5, 5.41) is 8.19. The lowest BCUT2D eigenvalue weighted by Crippen LogP contribution is -2.32. The van der Waals surface area contributed by atoms with Crippen molar-refractivity contribution in [2.75, 3.05) is 20.1 Å². The Morgan fingerprint density at radius 3 is 3.11 bits per heavy atom. The molecule has 1 fully saturated rings. The van der Waals surface area contributed by atoms with Gasteiger partial charge < -0.3 is 15.1 Å². The largest absolute Gasteiger partial charge is 0.464 e. The van der Waals surface area contributed by atoms with E-state index in [-0.39, 0.29) is 0 Å². The van der Waals surface area contributed by atoms with Crippen molar-refractivity contribution < 1.29 is 4.42 Å². The third-order valence-corrected chi connectivity index (χ3v) is 4.20. The molecule has 0 spiro atoms. The maximum Gasteiger partial charge on any atom is 0.134 e. The van der Waals surface area contributed by atoms with Gasteiger partial charge in [0.25, 0.3) is 0 Å². The molecule has 19 heavy (non-hydrogen) atoms. The second-order valence-corrected chi connectivity index (χ2v) is 5.48. The minimum atomic E-state index is 0.383. The number of piperidine rings is 1. The van der Waals surface area contributed by atoms with E-state index in [9.17, 15) is 0 Å². The lowest BCUT2D eigenvalue weighted by Gasteiger charge is -2.26. The number of para-hydroxylation sites is 1. The monoisotopic (exact) mass is 258 g/mol. The van der Waals surface area contributed by atoms with Gasteiger partial charge in [0.15, 0.2) is 0 Å². The minimum absolute atomic E-state index is 0.383. The summed E-state index contributed by atoms with van der Waals surface area (Å²) in [6.45, 7) is 2.32. The minimum Gasteiger partial charge on any atom is -0.464 e. The zero-order valence-electron chi connectivity index (χ0n) is 11.5. The SMILES string of the molecule is CNC(CC1CCCNC1)c1coc2ccccc12. The number of hydrogen-bond donors (Lipinski definition) is 2. The highest BCUT2D eigenvalue weighted by atomic mass is 16.3. The predicted octanol–water partition coefficient (Wildman–Crippen LogP) is 3.08.